The van der Waals surface area contributed by atoms with Gasteiger partial charge in [0.25, 0.3) is 0 Å². The summed E-state index contributed by atoms with van der Waals surface area (Å²) in [5.74, 6) is 0.611. The summed E-state index contributed by atoms with van der Waals surface area (Å²) in [6, 6.07) is 65.1. The van der Waals surface area contributed by atoms with Crippen molar-refractivity contribution in [2.24, 2.45) is 20.0 Å². The summed E-state index contributed by atoms with van der Waals surface area (Å²) in [4.78, 5) is 19.2. The van der Waals surface area contributed by atoms with Crippen LogP contribution in [0.4, 0.5) is 22.7 Å². The van der Waals surface area contributed by atoms with Crippen molar-refractivity contribution in [2.75, 3.05) is 0 Å². The highest BCUT2D eigenvalue weighted by atomic mass is 16.3. The molecule has 0 heterocycles. The van der Waals surface area contributed by atoms with Gasteiger partial charge in [0.05, 0.1) is 22.7 Å². The van der Waals surface area contributed by atoms with Gasteiger partial charge in [0.1, 0.15) is 23.0 Å². The molecule has 9 aromatic carbocycles. The molecule has 0 unspecified atom stereocenters. The number of hydrogen-bond donors (Lipinski definition) is 4. The lowest BCUT2D eigenvalue weighted by Gasteiger charge is -2.22. The largest absolute Gasteiger partial charge is 0.507 e. The van der Waals surface area contributed by atoms with E-state index in [9.17, 15) is 20.4 Å². The molecule has 0 saturated carbocycles. The van der Waals surface area contributed by atoms with Crippen molar-refractivity contribution in [3.05, 3.63) is 272 Å². The highest BCUT2D eigenvalue weighted by Gasteiger charge is 2.25. The van der Waals surface area contributed by atoms with Crippen LogP contribution in [0.5, 0.6) is 23.0 Å². The lowest BCUT2D eigenvalue weighted by molar-refractivity contribution is 0.445. The van der Waals surface area contributed by atoms with E-state index in [1.165, 1.54) is 0 Å². The third-order valence-electron chi connectivity index (χ3n) is 15.4. The van der Waals surface area contributed by atoms with Crippen molar-refractivity contribution in [3.8, 4) is 23.0 Å². The first kappa shape index (κ1) is 59.5. The fourth-order valence-electron chi connectivity index (χ4n) is 10.7. The smallest absolute Gasteiger partial charge is 0.128 e. The molecular weight excluding hydrogens is 1030 g/mol. The lowest BCUT2D eigenvalue weighted by atomic mass is 9.81. The number of aromatic hydroxyl groups is 4. The Morgan fingerprint density at radius 3 is 0.583 bits per heavy atom. The molecule has 9 aromatic rings. The second-order valence-electron chi connectivity index (χ2n) is 25.9. The molecule has 0 aliphatic rings. The Labute approximate surface area is 497 Å². The molecule has 0 amide bonds. The van der Waals surface area contributed by atoms with Crippen LogP contribution >= 0.6 is 0 Å². The summed E-state index contributed by atoms with van der Waals surface area (Å²) in [6.07, 6.45) is 6.90. The van der Waals surface area contributed by atoms with Crippen molar-refractivity contribution in [1.82, 2.24) is 0 Å². The standard InChI is InChI=1S/C76H78N4O4/c1-73(2,3)63-21-13-17-55(69(63)81)45-77-59-37-29-51(30-38-59)67(52-31-39-60(40-32-52)78-46-56-18-14-22-64(70(56)82)74(4,5)6)49-25-27-50(28-26-49)68(53-33-41-61(42-34-53)79-47-57-19-15-23-65(71(57)83)75(7,8)9)54-35-43-62(44-36-54)80-48-58-20-16-24-66(72(58)84)76(10,11)12/h13-48,67-68,81-84H,1-12H3. The van der Waals surface area contributed by atoms with Crippen LogP contribution in [0.25, 0.3) is 0 Å². The van der Waals surface area contributed by atoms with Gasteiger partial charge in [-0.15, -0.1) is 0 Å². The summed E-state index contributed by atoms with van der Waals surface area (Å²) >= 11 is 0. The molecule has 8 nitrogen and oxygen atoms in total. The van der Waals surface area contributed by atoms with Crippen molar-refractivity contribution in [3.63, 3.8) is 0 Å². The minimum absolute atomic E-state index is 0.171. The van der Waals surface area contributed by atoms with Crippen LogP contribution in [0.1, 0.15) is 173 Å². The molecule has 84 heavy (non-hydrogen) atoms. The highest BCUT2D eigenvalue weighted by molar-refractivity contribution is 5.88. The van der Waals surface area contributed by atoms with E-state index in [1.54, 1.807) is 24.9 Å². The average Bonchev–Trinajstić information content (AvgIpc) is 2.21. The zero-order valence-corrected chi connectivity index (χ0v) is 50.5. The number of hydrogen-bond acceptors (Lipinski definition) is 8. The first-order valence-electron chi connectivity index (χ1n) is 28.8. The van der Waals surface area contributed by atoms with E-state index >= 15 is 0 Å². The first-order valence-corrected chi connectivity index (χ1v) is 28.8. The van der Waals surface area contributed by atoms with E-state index in [2.05, 4.69) is 156 Å². The Bertz CT molecular complexity index is 3390. The number of nitrogens with zero attached hydrogens (tertiary/aromatic N) is 4. The molecule has 0 saturated heterocycles. The van der Waals surface area contributed by atoms with Crippen LogP contribution < -0.4 is 0 Å². The average molecular weight is 1110 g/mol. The molecule has 0 aliphatic heterocycles. The van der Waals surface area contributed by atoms with Gasteiger partial charge >= 0.3 is 0 Å². The van der Waals surface area contributed by atoms with Crippen LogP contribution in [0.2, 0.25) is 0 Å². The molecule has 0 fully saturated rings. The summed E-state index contributed by atoms with van der Waals surface area (Å²) in [5.41, 5.74) is 14.7. The molecule has 0 radical (unpaired) electrons. The fraction of sp³-hybridized carbons (Fsp3) is 0.237. The summed E-state index contributed by atoms with van der Waals surface area (Å²) in [7, 11) is 0. The molecule has 4 N–H and O–H groups in total. The minimum Gasteiger partial charge on any atom is -0.507 e. The Morgan fingerprint density at radius 1 is 0.250 bits per heavy atom. The van der Waals surface area contributed by atoms with E-state index in [1.807, 2.05) is 121 Å². The van der Waals surface area contributed by atoms with Gasteiger partial charge < -0.3 is 20.4 Å². The van der Waals surface area contributed by atoms with Crippen LogP contribution in [0, 0.1) is 0 Å². The quantitative estimate of drug-likeness (QED) is 0.0638. The Kier molecular flexibility index (Phi) is 17.3. The fourth-order valence-corrected chi connectivity index (χ4v) is 10.7. The minimum atomic E-state index is -0.225. The van der Waals surface area contributed by atoms with Crippen molar-refractivity contribution >= 4 is 47.6 Å². The molecule has 426 valence electrons. The molecule has 0 spiro atoms. The summed E-state index contributed by atoms with van der Waals surface area (Å²) in [5, 5.41) is 44.7. The third-order valence-corrected chi connectivity index (χ3v) is 15.4. The zero-order valence-electron chi connectivity index (χ0n) is 50.5. The second kappa shape index (κ2) is 24.4. The number of phenolic OH excluding ortho intramolecular Hbond substituents is 4. The third kappa shape index (κ3) is 13.8. The monoisotopic (exact) mass is 1110 g/mol. The summed E-state index contributed by atoms with van der Waals surface area (Å²) in [6.45, 7) is 25.0. The maximum absolute atomic E-state index is 11.2. The van der Waals surface area contributed by atoms with Crippen molar-refractivity contribution < 1.29 is 20.4 Å². The van der Waals surface area contributed by atoms with Gasteiger partial charge in [-0.3, -0.25) is 20.0 Å². The number of rotatable bonds is 14. The molecule has 0 aliphatic carbocycles. The predicted octanol–water partition coefficient (Wildman–Crippen LogP) is 19.1. The zero-order chi connectivity index (χ0) is 60.1. The Hall–Kier alpha value is -9.14. The van der Waals surface area contributed by atoms with Gasteiger partial charge in [-0.05, 0) is 150 Å². The van der Waals surface area contributed by atoms with Crippen LogP contribution in [-0.4, -0.2) is 45.3 Å². The molecule has 8 heteroatoms. The number of para-hydroxylation sites is 4. The highest BCUT2D eigenvalue weighted by Crippen LogP contribution is 2.41. The first-order chi connectivity index (χ1) is 39.8. The van der Waals surface area contributed by atoms with Crippen LogP contribution in [0.15, 0.2) is 214 Å². The predicted molar refractivity (Wildman–Crippen MR) is 350 cm³/mol. The van der Waals surface area contributed by atoms with Gasteiger partial charge in [-0.1, -0.05) is 204 Å². The number of benzene rings is 9. The van der Waals surface area contributed by atoms with Crippen LogP contribution in [0.3, 0.4) is 0 Å². The topological polar surface area (TPSA) is 130 Å². The van der Waals surface area contributed by atoms with E-state index in [0.717, 1.165) is 78.4 Å². The van der Waals surface area contributed by atoms with E-state index < -0.39 is 0 Å². The maximum atomic E-state index is 11.2. The SMILES string of the molecule is CC(C)(C)c1cccc(C=Nc2ccc(C(c3ccc(N=Cc4cccc(C(C)(C)C)c4O)cc3)c3ccc(C(c4ccc(N=Cc5cccc(C(C)(C)C)c5O)cc4)c4ccc(N=Cc5cccc(C(C)(C)C)c5O)cc4)cc3)cc2)c1O. The van der Waals surface area contributed by atoms with Crippen molar-refractivity contribution in [2.45, 2.75) is 117 Å². The van der Waals surface area contributed by atoms with Gasteiger partial charge in [-0.2, -0.15) is 0 Å². The van der Waals surface area contributed by atoms with Crippen molar-refractivity contribution in [1.29, 1.82) is 0 Å². The van der Waals surface area contributed by atoms with Crippen LogP contribution in [-0.2, 0) is 21.7 Å². The van der Waals surface area contributed by atoms with E-state index in [-0.39, 0.29) is 56.5 Å². The Balaban J connectivity index is 1.07. The summed E-state index contributed by atoms with van der Waals surface area (Å²) < 4.78 is 0. The van der Waals surface area contributed by atoms with Gasteiger partial charge in [-0.25, -0.2) is 0 Å². The Morgan fingerprint density at radius 2 is 0.417 bits per heavy atom. The van der Waals surface area contributed by atoms with Gasteiger partial charge in [0, 0.05) is 58.9 Å². The molecule has 9 rings (SSSR count). The normalized spacial score (nSPS) is 13.4. The van der Waals surface area contributed by atoms with E-state index in [4.69, 9.17) is 20.0 Å². The molecular formula is C76H78N4O4. The molecule has 0 aromatic heterocycles. The lowest BCUT2D eigenvalue weighted by Crippen LogP contribution is -2.11. The van der Waals surface area contributed by atoms with E-state index in [0.29, 0.717) is 22.3 Å². The van der Waals surface area contributed by atoms with Gasteiger partial charge in [0.2, 0.25) is 0 Å². The van der Waals surface area contributed by atoms with Gasteiger partial charge in [0.15, 0.2) is 0 Å². The second-order valence-corrected chi connectivity index (χ2v) is 25.9. The molecule has 0 atom stereocenters. The number of phenols is 4. The number of aliphatic imine (C=N–C) groups is 4. The molecule has 0 bridgehead atoms. The maximum Gasteiger partial charge on any atom is 0.128 e.